The standard InChI is InChI=1S/C36H39Cl2N3O6S/c1-25(2)22-39-36(43)32(19-26-11-7-5-8-12-26)40(23-27-15-16-28(37)20-31(27)38)35(42)24-41(29-13-9-6-10-14-29)48(44,45)30-17-18-33(46-3)34(21-30)47-4/h5-18,20-21,25,32H,19,22-24H2,1-4H3,(H,39,43). The summed E-state index contributed by atoms with van der Waals surface area (Å²) >= 11 is 12.8. The first-order valence-electron chi connectivity index (χ1n) is 15.3. The van der Waals surface area contributed by atoms with E-state index in [0.29, 0.717) is 27.9 Å². The van der Waals surface area contributed by atoms with Crippen LogP contribution < -0.4 is 19.1 Å². The van der Waals surface area contributed by atoms with Gasteiger partial charge in [0.05, 0.1) is 24.8 Å². The zero-order valence-corrected chi connectivity index (χ0v) is 29.6. The van der Waals surface area contributed by atoms with Gasteiger partial charge in [0.15, 0.2) is 11.5 Å². The second kappa shape index (κ2) is 16.7. The van der Waals surface area contributed by atoms with Crippen LogP contribution in [0.5, 0.6) is 11.5 Å². The van der Waals surface area contributed by atoms with Crippen LogP contribution in [0.25, 0.3) is 0 Å². The molecule has 9 nitrogen and oxygen atoms in total. The van der Waals surface area contributed by atoms with E-state index in [9.17, 15) is 18.0 Å². The zero-order valence-electron chi connectivity index (χ0n) is 27.2. The van der Waals surface area contributed by atoms with E-state index < -0.39 is 28.5 Å². The number of amides is 2. The lowest BCUT2D eigenvalue weighted by Gasteiger charge is -2.34. The SMILES string of the molecule is COc1ccc(S(=O)(=O)N(CC(=O)N(Cc2ccc(Cl)cc2Cl)C(Cc2ccccc2)C(=O)NCC(C)C)c2ccccc2)cc1OC. The van der Waals surface area contributed by atoms with Gasteiger partial charge in [-0.3, -0.25) is 13.9 Å². The summed E-state index contributed by atoms with van der Waals surface area (Å²) in [5, 5.41) is 3.68. The Bertz CT molecular complexity index is 1810. The maximum atomic E-state index is 14.6. The highest BCUT2D eigenvalue weighted by Crippen LogP contribution is 2.33. The smallest absolute Gasteiger partial charge is 0.264 e. The van der Waals surface area contributed by atoms with Crippen LogP contribution in [0.3, 0.4) is 0 Å². The third kappa shape index (κ3) is 9.21. The maximum Gasteiger partial charge on any atom is 0.264 e. The van der Waals surface area contributed by atoms with E-state index in [1.54, 1.807) is 48.5 Å². The van der Waals surface area contributed by atoms with Crippen molar-refractivity contribution in [2.75, 3.05) is 31.6 Å². The molecule has 0 aromatic heterocycles. The molecule has 0 aliphatic rings. The van der Waals surface area contributed by atoms with E-state index in [0.717, 1.165) is 9.87 Å². The Hall–Kier alpha value is -4.25. The lowest BCUT2D eigenvalue weighted by Crippen LogP contribution is -2.53. The topological polar surface area (TPSA) is 105 Å². The number of benzene rings is 4. The van der Waals surface area contributed by atoms with E-state index in [2.05, 4.69) is 5.32 Å². The second-order valence-corrected chi connectivity index (χ2v) is 14.2. The Morgan fingerprint density at radius 3 is 2.08 bits per heavy atom. The molecule has 1 atom stereocenters. The number of nitrogens with one attached hydrogen (secondary N) is 1. The number of nitrogens with zero attached hydrogens (tertiary/aromatic N) is 2. The fourth-order valence-electron chi connectivity index (χ4n) is 5.04. The van der Waals surface area contributed by atoms with Gasteiger partial charge in [-0.1, -0.05) is 91.6 Å². The summed E-state index contributed by atoms with van der Waals surface area (Å²) in [6, 6.07) is 25.7. The predicted octanol–water partition coefficient (Wildman–Crippen LogP) is 6.62. The van der Waals surface area contributed by atoms with Gasteiger partial charge < -0.3 is 19.7 Å². The minimum absolute atomic E-state index is 0.0829. The van der Waals surface area contributed by atoms with Gasteiger partial charge in [-0.15, -0.1) is 0 Å². The number of sulfonamides is 1. The van der Waals surface area contributed by atoms with E-state index in [-0.39, 0.29) is 41.1 Å². The number of anilines is 1. The van der Waals surface area contributed by atoms with Crippen molar-refractivity contribution < 1.29 is 27.5 Å². The van der Waals surface area contributed by atoms with Crippen LogP contribution in [0, 0.1) is 5.92 Å². The summed E-state index contributed by atoms with van der Waals surface area (Å²) in [7, 11) is -1.49. The molecular formula is C36H39Cl2N3O6S. The Balaban J connectivity index is 1.82. The molecule has 2 amide bonds. The quantitative estimate of drug-likeness (QED) is 0.149. The summed E-state index contributed by atoms with van der Waals surface area (Å²) in [6.07, 6.45) is 0.176. The monoisotopic (exact) mass is 711 g/mol. The molecule has 0 heterocycles. The predicted molar refractivity (Wildman–Crippen MR) is 189 cm³/mol. The molecule has 254 valence electrons. The van der Waals surface area contributed by atoms with Crippen molar-refractivity contribution in [3.05, 3.63) is 118 Å². The van der Waals surface area contributed by atoms with Crippen LogP contribution in [0.4, 0.5) is 5.69 Å². The number of ether oxygens (including phenoxy) is 2. The van der Waals surface area contributed by atoms with E-state index in [4.69, 9.17) is 32.7 Å². The highest BCUT2D eigenvalue weighted by molar-refractivity contribution is 7.92. The zero-order chi connectivity index (χ0) is 34.8. The summed E-state index contributed by atoms with van der Waals surface area (Å²) in [4.78, 5) is 29.8. The van der Waals surface area contributed by atoms with Gasteiger partial charge in [-0.05, 0) is 53.4 Å². The Kier molecular flexibility index (Phi) is 12.7. The second-order valence-electron chi connectivity index (χ2n) is 11.5. The molecule has 0 spiro atoms. The molecule has 1 N–H and O–H groups in total. The van der Waals surface area contributed by atoms with Crippen LogP contribution in [0.1, 0.15) is 25.0 Å². The molecule has 0 radical (unpaired) electrons. The van der Waals surface area contributed by atoms with Crippen molar-refractivity contribution >= 4 is 50.7 Å². The highest BCUT2D eigenvalue weighted by atomic mass is 35.5. The van der Waals surface area contributed by atoms with Crippen LogP contribution >= 0.6 is 23.2 Å². The molecule has 4 rings (SSSR count). The molecule has 4 aromatic rings. The molecule has 12 heteroatoms. The molecule has 1 unspecified atom stereocenters. The number of rotatable bonds is 15. The third-order valence-corrected chi connectivity index (χ3v) is 9.93. The van der Waals surface area contributed by atoms with E-state index >= 15 is 0 Å². The summed E-state index contributed by atoms with van der Waals surface area (Å²) in [6.45, 7) is 3.63. The van der Waals surface area contributed by atoms with Gasteiger partial charge in [0.25, 0.3) is 10.0 Å². The van der Waals surface area contributed by atoms with Crippen LogP contribution in [0.2, 0.25) is 10.0 Å². The lowest BCUT2D eigenvalue weighted by molar-refractivity contribution is -0.140. The number of carbonyl (C=O) groups is 2. The number of methoxy groups -OCH3 is 2. The van der Waals surface area contributed by atoms with Gasteiger partial charge >= 0.3 is 0 Å². The summed E-state index contributed by atoms with van der Waals surface area (Å²) in [5.41, 5.74) is 1.62. The van der Waals surface area contributed by atoms with Crippen molar-refractivity contribution in [1.82, 2.24) is 10.2 Å². The molecule has 4 aromatic carbocycles. The average Bonchev–Trinajstić information content (AvgIpc) is 3.08. The molecular weight excluding hydrogens is 673 g/mol. The first-order chi connectivity index (χ1) is 22.9. The third-order valence-electron chi connectivity index (χ3n) is 7.58. The number of halogens is 2. The number of para-hydroxylation sites is 1. The molecule has 0 aliphatic heterocycles. The highest BCUT2D eigenvalue weighted by Gasteiger charge is 2.35. The average molecular weight is 713 g/mol. The van der Waals surface area contributed by atoms with Gasteiger partial charge in [0, 0.05) is 35.6 Å². The molecule has 0 saturated carbocycles. The van der Waals surface area contributed by atoms with Gasteiger partial charge in [-0.2, -0.15) is 0 Å². The first kappa shape index (κ1) is 36.6. The van der Waals surface area contributed by atoms with Crippen molar-refractivity contribution in [2.24, 2.45) is 5.92 Å². The van der Waals surface area contributed by atoms with E-state index in [1.165, 1.54) is 37.3 Å². The number of hydrogen-bond acceptors (Lipinski definition) is 6. The molecule has 48 heavy (non-hydrogen) atoms. The van der Waals surface area contributed by atoms with Crippen molar-refractivity contribution in [3.63, 3.8) is 0 Å². The maximum absolute atomic E-state index is 14.6. The minimum atomic E-state index is -4.35. The Morgan fingerprint density at radius 2 is 1.48 bits per heavy atom. The molecule has 0 fully saturated rings. The van der Waals surface area contributed by atoms with E-state index in [1.807, 2.05) is 44.2 Å². The number of hydrogen-bond donors (Lipinski definition) is 1. The molecule has 0 bridgehead atoms. The molecule has 0 aliphatic carbocycles. The van der Waals surface area contributed by atoms with Crippen LogP contribution in [-0.4, -0.2) is 58.5 Å². The minimum Gasteiger partial charge on any atom is -0.493 e. The summed E-state index contributed by atoms with van der Waals surface area (Å²) < 4.78 is 40.3. The van der Waals surface area contributed by atoms with Crippen LogP contribution in [0.15, 0.2) is 102 Å². The van der Waals surface area contributed by atoms with Crippen molar-refractivity contribution in [1.29, 1.82) is 0 Å². The number of carbonyl (C=O) groups excluding carboxylic acids is 2. The largest absolute Gasteiger partial charge is 0.493 e. The fourth-order valence-corrected chi connectivity index (χ4v) is 6.94. The Labute approximate surface area is 292 Å². The first-order valence-corrected chi connectivity index (χ1v) is 17.5. The lowest BCUT2D eigenvalue weighted by atomic mass is 10.0. The van der Waals surface area contributed by atoms with Gasteiger partial charge in [-0.25, -0.2) is 8.42 Å². The van der Waals surface area contributed by atoms with Gasteiger partial charge in [0.2, 0.25) is 11.8 Å². The molecule has 0 saturated heterocycles. The summed E-state index contributed by atoms with van der Waals surface area (Å²) in [5.74, 6) is -0.279. The van der Waals surface area contributed by atoms with Crippen LogP contribution in [-0.2, 0) is 32.6 Å². The fraction of sp³-hybridized carbons (Fsp3) is 0.278. The normalized spacial score (nSPS) is 11.9. The Morgan fingerprint density at radius 1 is 0.833 bits per heavy atom. The van der Waals surface area contributed by atoms with Crippen molar-refractivity contribution in [2.45, 2.75) is 37.8 Å². The van der Waals surface area contributed by atoms with Crippen molar-refractivity contribution in [3.8, 4) is 11.5 Å². The van der Waals surface area contributed by atoms with Gasteiger partial charge in [0.1, 0.15) is 12.6 Å².